The van der Waals surface area contributed by atoms with Crippen LogP contribution >= 0.6 is 20.6 Å². The minimum absolute atomic E-state index is 0.366. The summed E-state index contributed by atoms with van der Waals surface area (Å²) in [5.74, 6) is -0.366. The van der Waals surface area contributed by atoms with Crippen molar-refractivity contribution in [3.05, 3.63) is 32.4 Å². The third kappa shape index (κ3) is 1.34. The number of carbonyl (C=O) groups excluding carboxylic acids is 1. The first-order valence-electron chi connectivity index (χ1n) is 3.83. The summed E-state index contributed by atoms with van der Waals surface area (Å²) < 4.78 is 15.1. The second-order valence-electron chi connectivity index (χ2n) is 3.04. The van der Waals surface area contributed by atoms with Gasteiger partial charge < -0.3 is 0 Å². The van der Waals surface area contributed by atoms with Crippen LogP contribution in [0.15, 0.2) is 12.1 Å². The molecular formula is C9H9IO3. The van der Waals surface area contributed by atoms with Gasteiger partial charge in [-0.2, -0.15) is 0 Å². The molecule has 0 aromatic heterocycles. The molecule has 0 spiro atoms. The molecule has 1 N–H and O–H groups in total. The third-order valence-electron chi connectivity index (χ3n) is 1.92. The van der Waals surface area contributed by atoms with Crippen molar-refractivity contribution in [3.63, 3.8) is 0 Å². The van der Waals surface area contributed by atoms with Crippen molar-refractivity contribution in [1.82, 2.24) is 0 Å². The molecule has 0 aliphatic carbocycles. The molecule has 1 heterocycles. The average molecular weight is 292 g/mol. The molecule has 2 rings (SSSR count). The van der Waals surface area contributed by atoms with Gasteiger partial charge in [-0.05, 0) is 0 Å². The van der Waals surface area contributed by atoms with Crippen molar-refractivity contribution in [2.75, 3.05) is 0 Å². The van der Waals surface area contributed by atoms with Gasteiger partial charge in [0.2, 0.25) is 0 Å². The number of hydrogen-bond acceptors (Lipinski definition) is 3. The maximum atomic E-state index is 11.2. The van der Waals surface area contributed by atoms with Gasteiger partial charge >= 0.3 is 84.2 Å². The number of aryl methyl sites for hydroxylation is 2. The normalized spacial score (nSPS) is 17.2. The molecule has 13 heavy (non-hydrogen) atoms. The van der Waals surface area contributed by atoms with Crippen LogP contribution in [0, 0.1) is 17.4 Å². The van der Waals surface area contributed by atoms with Crippen LogP contribution in [0.2, 0.25) is 0 Å². The number of hydrogen-bond donors (Lipinski definition) is 1. The van der Waals surface area contributed by atoms with Gasteiger partial charge in [0.15, 0.2) is 0 Å². The summed E-state index contributed by atoms with van der Waals surface area (Å²) in [4.78, 5) is 11.2. The summed E-state index contributed by atoms with van der Waals surface area (Å²) in [5.41, 5.74) is 2.55. The van der Waals surface area contributed by atoms with Crippen LogP contribution in [0.5, 0.6) is 0 Å². The molecule has 1 aliphatic rings. The molecule has 1 aromatic carbocycles. The first-order chi connectivity index (χ1) is 6.09. The summed E-state index contributed by atoms with van der Waals surface area (Å²) in [7, 11) is 0. The summed E-state index contributed by atoms with van der Waals surface area (Å²) >= 11 is -2.59. The molecule has 4 heteroatoms. The van der Waals surface area contributed by atoms with E-state index in [9.17, 15) is 8.23 Å². The van der Waals surface area contributed by atoms with E-state index in [4.69, 9.17) is 3.07 Å². The Bertz CT molecular complexity index is 387. The number of benzene rings is 1. The quantitative estimate of drug-likeness (QED) is 0.744. The predicted octanol–water partition coefficient (Wildman–Crippen LogP) is 1.97. The van der Waals surface area contributed by atoms with Crippen LogP contribution in [-0.4, -0.2) is 9.41 Å². The molecule has 1 aromatic rings. The Morgan fingerprint density at radius 3 is 2.77 bits per heavy atom. The second-order valence-corrected chi connectivity index (χ2v) is 5.87. The fraction of sp³-hybridized carbons (Fsp3) is 0.222. The first-order valence-corrected chi connectivity index (χ1v) is 6.75. The van der Waals surface area contributed by atoms with Gasteiger partial charge in [-0.3, -0.25) is 0 Å². The van der Waals surface area contributed by atoms with Crippen LogP contribution < -0.4 is 0 Å². The van der Waals surface area contributed by atoms with Gasteiger partial charge in [0.1, 0.15) is 0 Å². The molecule has 0 fully saturated rings. The molecule has 0 saturated carbocycles. The average Bonchev–Trinajstić information content (AvgIpc) is 2.27. The minimum atomic E-state index is -2.59. The van der Waals surface area contributed by atoms with Crippen LogP contribution in [0.4, 0.5) is 0 Å². The van der Waals surface area contributed by atoms with Crippen molar-refractivity contribution in [3.8, 4) is 0 Å². The van der Waals surface area contributed by atoms with Gasteiger partial charge in [0.05, 0.1) is 0 Å². The van der Waals surface area contributed by atoms with Crippen molar-refractivity contribution < 1.29 is 11.3 Å². The Hall–Kier alpha value is -0.620. The van der Waals surface area contributed by atoms with E-state index in [1.165, 1.54) is 0 Å². The molecule has 0 unspecified atom stereocenters. The Balaban J connectivity index is 2.69. The van der Waals surface area contributed by atoms with Gasteiger partial charge in [-0.1, -0.05) is 0 Å². The zero-order valence-corrected chi connectivity index (χ0v) is 9.45. The van der Waals surface area contributed by atoms with Crippen LogP contribution in [-0.2, 0) is 3.07 Å². The van der Waals surface area contributed by atoms with E-state index in [1.807, 2.05) is 19.9 Å². The summed E-state index contributed by atoms with van der Waals surface area (Å²) in [6.45, 7) is 3.82. The number of carbonyl (C=O) groups is 1. The standard InChI is InChI=1S/C9H9IO3/c1-5-3-6(2)8-7(4-5)9(11)13-10(8)12/h3-4,12H,1-2H3. The van der Waals surface area contributed by atoms with E-state index in [-0.39, 0.29) is 5.97 Å². The number of fused-ring (bicyclic) bond motifs is 1. The van der Waals surface area contributed by atoms with Gasteiger partial charge in [0, 0.05) is 0 Å². The summed E-state index contributed by atoms with van der Waals surface area (Å²) in [6.07, 6.45) is 0. The van der Waals surface area contributed by atoms with Crippen LogP contribution in [0.1, 0.15) is 21.5 Å². The van der Waals surface area contributed by atoms with Crippen molar-refractivity contribution in [2.24, 2.45) is 0 Å². The molecule has 0 radical (unpaired) electrons. The SMILES string of the molecule is Cc1cc(C)c2c(c1)C(=O)OI2O. The number of halogens is 1. The van der Waals surface area contributed by atoms with E-state index >= 15 is 0 Å². The Kier molecular flexibility index (Phi) is 2.03. The number of rotatable bonds is 0. The topological polar surface area (TPSA) is 46.5 Å². The van der Waals surface area contributed by atoms with Gasteiger partial charge in [-0.15, -0.1) is 0 Å². The molecule has 0 bridgehead atoms. The van der Waals surface area contributed by atoms with Gasteiger partial charge in [0.25, 0.3) is 0 Å². The molecule has 0 atom stereocenters. The first kappa shape index (κ1) is 8.96. The third-order valence-corrected chi connectivity index (χ3v) is 5.10. The predicted molar refractivity (Wildman–Crippen MR) is 56.3 cm³/mol. The van der Waals surface area contributed by atoms with Crippen molar-refractivity contribution >= 4 is 26.6 Å². The zero-order chi connectivity index (χ0) is 9.59. The van der Waals surface area contributed by atoms with E-state index in [1.54, 1.807) is 6.07 Å². The van der Waals surface area contributed by atoms with Gasteiger partial charge in [-0.25, -0.2) is 0 Å². The van der Waals surface area contributed by atoms with Crippen LogP contribution in [0.25, 0.3) is 0 Å². The fourth-order valence-corrected chi connectivity index (χ4v) is 4.05. The summed E-state index contributed by atoms with van der Waals surface area (Å²) in [6, 6.07) is 3.74. The van der Waals surface area contributed by atoms with E-state index in [2.05, 4.69) is 0 Å². The molecule has 0 amide bonds. The van der Waals surface area contributed by atoms with Crippen LogP contribution in [0.3, 0.4) is 0 Å². The molecule has 0 saturated heterocycles. The second kappa shape index (κ2) is 2.95. The molecule has 1 aliphatic heterocycles. The monoisotopic (exact) mass is 292 g/mol. The van der Waals surface area contributed by atoms with Crippen molar-refractivity contribution in [2.45, 2.75) is 13.8 Å². The molecule has 70 valence electrons. The zero-order valence-electron chi connectivity index (χ0n) is 7.30. The van der Waals surface area contributed by atoms with E-state index in [0.717, 1.165) is 14.7 Å². The van der Waals surface area contributed by atoms with Crippen molar-refractivity contribution in [1.29, 1.82) is 0 Å². The summed E-state index contributed by atoms with van der Waals surface area (Å²) in [5, 5.41) is 0. The Morgan fingerprint density at radius 2 is 2.08 bits per heavy atom. The van der Waals surface area contributed by atoms with E-state index in [0.29, 0.717) is 5.56 Å². The van der Waals surface area contributed by atoms with E-state index < -0.39 is 20.6 Å². The Morgan fingerprint density at radius 1 is 1.38 bits per heavy atom. The Labute approximate surface area is 84.2 Å². The molecule has 3 nitrogen and oxygen atoms in total. The maximum absolute atomic E-state index is 11.2. The molecular weight excluding hydrogens is 283 g/mol. The fourth-order valence-electron chi connectivity index (χ4n) is 1.46.